The zero-order valence-corrected chi connectivity index (χ0v) is 16.0. The molecule has 2 N–H and O–H groups in total. The van der Waals surface area contributed by atoms with E-state index in [1.54, 1.807) is 17.0 Å². The summed E-state index contributed by atoms with van der Waals surface area (Å²) in [5.41, 5.74) is 9.04. The Morgan fingerprint density at radius 3 is 2.48 bits per heavy atom. The summed E-state index contributed by atoms with van der Waals surface area (Å²) in [6, 6.07) is 7.80. The van der Waals surface area contributed by atoms with Gasteiger partial charge in [-0.1, -0.05) is 0 Å². The number of pyridine rings is 1. The van der Waals surface area contributed by atoms with Crippen LogP contribution in [0.3, 0.4) is 0 Å². The SMILES string of the molecule is Nc1ncc(CN2CCN(Cc3ccncc3)CC2)c2nc(-c3ccco3)nn12. The number of hydrogen-bond donors (Lipinski definition) is 1. The molecule has 0 radical (unpaired) electrons. The summed E-state index contributed by atoms with van der Waals surface area (Å²) in [6.45, 7) is 5.73. The van der Waals surface area contributed by atoms with Gasteiger partial charge >= 0.3 is 0 Å². The van der Waals surface area contributed by atoms with Gasteiger partial charge in [-0.25, -0.2) is 9.97 Å². The van der Waals surface area contributed by atoms with Crippen LogP contribution in [0.5, 0.6) is 0 Å². The standard InChI is InChI=1S/C20H22N8O/c21-20-23-12-16(19-24-18(25-28(19)20)17-2-1-11-29-17)14-27-9-7-26(8-10-27)13-15-3-5-22-6-4-15/h1-6,11-12H,7-10,13-14H2,(H2,21,23). The molecular weight excluding hydrogens is 368 g/mol. The molecular formula is C20H22N8O. The molecule has 29 heavy (non-hydrogen) atoms. The van der Waals surface area contributed by atoms with E-state index in [1.165, 1.54) is 5.56 Å². The highest BCUT2D eigenvalue weighted by molar-refractivity contribution is 5.57. The van der Waals surface area contributed by atoms with E-state index in [2.05, 4.69) is 42.0 Å². The van der Waals surface area contributed by atoms with Crippen molar-refractivity contribution in [3.63, 3.8) is 0 Å². The maximum Gasteiger partial charge on any atom is 0.223 e. The fourth-order valence-electron chi connectivity index (χ4n) is 3.65. The normalized spacial score (nSPS) is 15.9. The predicted octanol–water partition coefficient (Wildman–Crippen LogP) is 1.68. The van der Waals surface area contributed by atoms with E-state index >= 15 is 0 Å². The molecule has 0 spiro atoms. The maximum absolute atomic E-state index is 6.01. The fourth-order valence-corrected chi connectivity index (χ4v) is 3.65. The lowest BCUT2D eigenvalue weighted by Gasteiger charge is -2.34. The number of furan rings is 1. The van der Waals surface area contributed by atoms with Gasteiger partial charge in [-0.05, 0) is 29.8 Å². The molecule has 148 valence electrons. The summed E-state index contributed by atoms with van der Waals surface area (Å²) in [5.74, 6) is 1.44. The Balaban J connectivity index is 1.29. The summed E-state index contributed by atoms with van der Waals surface area (Å²) in [6.07, 6.45) is 7.10. The number of nitrogens with two attached hydrogens (primary N) is 1. The van der Waals surface area contributed by atoms with Crippen LogP contribution in [0.4, 0.5) is 5.95 Å². The van der Waals surface area contributed by atoms with Crippen LogP contribution in [0.2, 0.25) is 0 Å². The van der Waals surface area contributed by atoms with E-state index in [-0.39, 0.29) is 0 Å². The van der Waals surface area contributed by atoms with E-state index in [0.717, 1.165) is 50.5 Å². The molecule has 0 atom stereocenters. The third-order valence-electron chi connectivity index (χ3n) is 5.22. The van der Waals surface area contributed by atoms with E-state index in [0.29, 0.717) is 17.5 Å². The molecule has 4 aromatic heterocycles. The Kier molecular flexibility index (Phi) is 4.66. The van der Waals surface area contributed by atoms with E-state index in [4.69, 9.17) is 10.2 Å². The Morgan fingerprint density at radius 1 is 1.00 bits per heavy atom. The average Bonchev–Trinajstić information content (AvgIpc) is 3.43. The number of anilines is 1. The van der Waals surface area contributed by atoms with Gasteiger partial charge in [0, 0.05) is 63.4 Å². The van der Waals surface area contributed by atoms with E-state index < -0.39 is 0 Å². The number of piperazine rings is 1. The van der Waals surface area contributed by atoms with Gasteiger partial charge in [-0.3, -0.25) is 14.8 Å². The molecule has 5 heterocycles. The lowest BCUT2D eigenvalue weighted by molar-refractivity contribution is 0.122. The second kappa shape index (κ2) is 7.61. The molecule has 9 heteroatoms. The van der Waals surface area contributed by atoms with Crippen molar-refractivity contribution in [2.45, 2.75) is 13.1 Å². The summed E-state index contributed by atoms with van der Waals surface area (Å²) < 4.78 is 7.01. The highest BCUT2D eigenvalue weighted by Crippen LogP contribution is 2.21. The summed E-state index contributed by atoms with van der Waals surface area (Å²) in [7, 11) is 0. The monoisotopic (exact) mass is 390 g/mol. The molecule has 0 amide bonds. The summed E-state index contributed by atoms with van der Waals surface area (Å²) in [5, 5.41) is 4.46. The van der Waals surface area contributed by atoms with Crippen molar-refractivity contribution in [1.82, 2.24) is 34.4 Å². The molecule has 4 aromatic rings. The van der Waals surface area contributed by atoms with Crippen LogP contribution in [0.25, 0.3) is 17.2 Å². The quantitative estimate of drug-likeness (QED) is 0.549. The van der Waals surface area contributed by atoms with Gasteiger partial charge in [0.1, 0.15) is 0 Å². The number of nitrogen functional groups attached to an aromatic ring is 1. The molecule has 0 aromatic carbocycles. The van der Waals surface area contributed by atoms with Crippen LogP contribution < -0.4 is 5.73 Å². The average molecular weight is 390 g/mol. The van der Waals surface area contributed by atoms with Crippen molar-refractivity contribution in [2.24, 2.45) is 0 Å². The van der Waals surface area contributed by atoms with Crippen LogP contribution in [-0.4, -0.2) is 60.5 Å². The topological polar surface area (TPSA) is 102 Å². The van der Waals surface area contributed by atoms with E-state index in [9.17, 15) is 0 Å². The third kappa shape index (κ3) is 3.69. The van der Waals surface area contributed by atoms with Gasteiger partial charge in [0.2, 0.25) is 11.8 Å². The zero-order chi connectivity index (χ0) is 19.6. The molecule has 1 aliphatic heterocycles. The van der Waals surface area contributed by atoms with Crippen LogP contribution >= 0.6 is 0 Å². The molecule has 1 saturated heterocycles. The van der Waals surface area contributed by atoms with Crippen molar-refractivity contribution in [2.75, 3.05) is 31.9 Å². The second-order valence-corrected chi connectivity index (χ2v) is 7.20. The number of nitrogens with zero attached hydrogens (tertiary/aromatic N) is 7. The maximum atomic E-state index is 6.01. The van der Waals surface area contributed by atoms with Crippen molar-refractivity contribution >= 4 is 11.6 Å². The van der Waals surface area contributed by atoms with Crippen LogP contribution in [-0.2, 0) is 13.1 Å². The Bertz CT molecular complexity index is 1080. The van der Waals surface area contributed by atoms with Gasteiger partial charge in [-0.15, -0.1) is 5.10 Å². The highest BCUT2D eigenvalue weighted by atomic mass is 16.3. The lowest BCUT2D eigenvalue weighted by atomic mass is 10.2. The molecule has 0 bridgehead atoms. The van der Waals surface area contributed by atoms with Crippen molar-refractivity contribution < 1.29 is 4.42 Å². The van der Waals surface area contributed by atoms with Crippen molar-refractivity contribution in [3.8, 4) is 11.6 Å². The summed E-state index contributed by atoms with van der Waals surface area (Å²) in [4.78, 5) is 17.9. The number of aromatic nitrogens is 5. The molecule has 0 aliphatic carbocycles. The van der Waals surface area contributed by atoms with Gasteiger partial charge in [0.05, 0.1) is 6.26 Å². The van der Waals surface area contributed by atoms with E-state index in [1.807, 2.05) is 24.5 Å². The van der Waals surface area contributed by atoms with Gasteiger partial charge in [0.25, 0.3) is 0 Å². The molecule has 9 nitrogen and oxygen atoms in total. The van der Waals surface area contributed by atoms with Crippen molar-refractivity contribution in [1.29, 1.82) is 0 Å². The van der Waals surface area contributed by atoms with Crippen LogP contribution in [0, 0.1) is 0 Å². The molecule has 0 saturated carbocycles. The lowest BCUT2D eigenvalue weighted by Crippen LogP contribution is -2.45. The third-order valence-corrected chi connectivity index (χ3v) is 5.22. The number of fused-ring (bicyclic) bond motifs is 1. The largest absolute Gasteiger partial charge is 0.461 e. The second-order valence-electron chi connectivity index (χ2n) is 7.20. The summed E-state index contributed by atoms with van der Waals surface area (Å²) >= 11 is 0. The fraction of sp³-hybridized carbons (Fsp3) is 0.300. The smallest absolute Gasteiger partial charge is 0.223 e. The molecule has 1 aliphatic rings. The minimum Gasteiger partial charge on any atom is -0.461 e. The molecule has 1 fully saturated rings. The first-order valence-electron chi connectivity index (χ1n) is 9.64. The van der Waals surface area contributed by atoms with Gasteiger partial charge in [0.15, 0.2) is 11.4 Å². The Hall–Kier alpha value is -3.30. The minimum atomic E-state index is 0.316. The Labute approximate surface area is 167 Å². The highest BCUT2D eigenvalue weighted by Gasteiger charge is 2.20. The molecule has 5 rings (SSSR count). The van der Waals surface area contributed by atoms with Crippen LogP contribution in [0.1, 0.15) is 11.1 Å². The first-order chi connectivity index (χ1) is 14.3. The van der Waals surface area contributed by atoms with Gasteiger partial charge < -0.3 is 10.2 Å². The van der Waals surface area contributed by atoms with Crippen molar-refractivity contribution in [3.05, 3.63) is 60.2 Å². The predicted molar refractivity (Wildman–Crippen MR) is 108 cm³/mol. The minimum absolute atomic E-state index is 0.316. The van der Waals surface area contributed by atoms with Crippen LogP contribution in [0.15, 0.2) is 53.5 Å². The molecule has 0 unspecified atom stereocenters. The first kappa shape index (κ1) is 17.8. The zero-order valence-electron chi connectivity index (χ0n) is 16.0. The number of rotatable bonds is 5. The number of hydrogen-bond acceptors (Lipinski definition) is 8. The first-order valence-corrected chi connectivity index (χ1v) is 9.64. The van der Waals surface area contributed by atoms with Gasteiger partial charge in [-0.2, -0.15) is 4.52 Å². The Morgan fingerprint density at radius 2 is 1.76 bits per heavy atom.